The second-order valence-corrected chi connectivity index (χ2v) is 8.54. The van der Waals surface area contributed by atoms with Crippen LogP contribution in [0.25, 0.3) is 33.3 Å². The zero-order valence-corrected chi connectivity index (χ0v) is 19.9. The summed E-state index contributed by atoms with van der Waals surface area (Å²) in [5, 5.41) is 0.783. The van der Waals surface area contributed by atoms with Gasteiger partial charge in [0, 0.05) is 10.9 Å². The molecule has 1 heterocycles. The average molecular weight is 460 g/mol. The van der Waals surface area contributed by atoms with Gasteiger partial charge in [0.1, 0.15) is 11.5 Å². The summed E-state index contributed by atoms with van der Waals surface area (Å²) in [7, 11) is 1.63. The molecule has 0 aliphatic rings. The van der Waals surface area contributed by atoms with E-state index in [4.69, 9.17) is 14.5 Å². The topological polar surface area (TPSA) is 48.4 Å². The third-order valence-electron chi connectivity index (χ3n) is 6.03. The Morgan fingerprint density at radius 1 is 0.714 bits per heavy atom. The van der Waals surface area contributed by atoms with Crippen molar-refractivity contribution in [2.45, 2.75) is 13.8 Å². The van der Waals surface area contributed by atoms with E-state index in [-0.39, 0.29) is 0 Å². The van der Waals surface area contributed by atoms with Crippen molar-refractivity contribution in [3.8, 4) is 33.9 Å². The predicted molar refractivity (Wildman–Crippen MR) is 140 cm³/mol. The molecular formula is C31H25NO3. The molecule has 0 spiro atoms. The molecule has 172 valence electrons. The predicted octanol–water partition coefficient (Wildman–Crippen LogP) is 7.41. The van der Waals surface area contributed by atoms with Gasteiger partial charge in [0.15, 0.2) is 0 Å². The zero-order chi connectivity index (χ0) is 24.4. The van der Waals surface area contributed by atoms with Gasteiger partial charge in [-0.1, -0.05) is 54.1 Å². The fourth-order valence-corrected chi connectivity index (χ4v) is 4.27. The molecule has 4 heteroatoms. The number of hydrogen-bond acceptors (Lipinski definition) is 4. The maximum atomic E-state index is 13.4. The van der Waals surface area contributed by atoms with E-state index >= 15 is 0 Å². The van der Waals surface area contributed by atoms with Crippen molar-refractivity contribution in [1.29, 1.82) is 0 Å². The molecule has 0 amide bonds. The van der Waals surface area contributed by atoms with E-state index in [1.54, 1.807) is 7.11 Å². The number of carbonyl (C=O) groups is 1. The number of carbonyl (C=O) groups excluding carboxylic acids is 1. The Hall–Kier alpha value is -4.44. The second-order valence-electron chi connectivity index (χ2n) is 8.54. The SMILES string of the molecule is COc1ccc(-c2cc(C(=O)Oc3ccc(-c4ccccc4)cc3)c3cc(C)cc(C)c3n2)cc1. The molecule has 0 aliphatic carbocycles. The normalized spacial score (nSPS) is 10.8. The summed E-state index contributed by atoms with van der Waals surface area (Å²) in [6.07, 6.45) is 0. The van der Waals surface area contributed by atoms with Gasteiger partial charge in [-0.05, 0) is 79.1 Å². The van der Waals surface area contributed by atoms with Gasteiger partial charge in [0.05, 0.1) is 23.9 Å². The molecule has 0 aliphatic heterocycles. The lowest BCUT2D eigenvalue weighted by Gasteiger charge is -2.13. The van der Waals surface area contributed by atoms with Crippen molar-refractivity contribution < 1.29 is 14.3 Å². The maximum absolute atomic E-state index is 13.4. The molecule has 4 aromatic carbocycles. The Labute approximate surface area is 204 Å². The largest absolute Gasteiger partial charge is 0.497 e. The molecule has 0 atom stereocenters. The third kappa shape index (κ3) is 4.64. The van der Waals surface area contributed by atoms with E-state index < -0.39 is 5.97 Å². The molecule has 0 saturated heterocycles. The number of esters is 1. The first-order chi connectivity index (χ1) is 17.0. The average Bonchev–Trinajstić information content (AvgIpc) is 2.89. The Balaban J connectivity index is 1.53. The van der Waals surface area contributed by atoms with Crippen LogP contribution in [0.1, 0.15) is 21.5 Å². The lowest BCUT2D eigenvalue weighted by molar-refractivity contribution is 0.0737. The van der Waals surface area contributed by atoms with Crippen molar-refractivity contribution in [3.63, 3.8) is 0 Å². The Bertz CT molecular complexity index is 1510. The fraction of sp³-hybridized carbons (Fsp3) is 0.0968. The Morgan fingerprint density at radius 3 is 2.03 bits per heavy atom. The molecule has 0 fully saturated rings. The van der Waals surface area contributed by atoms with Gasteiger partial charge >= 0.3 is 5.97 Å². The van der Waals surface area contributed by atoms with Crippen LogP contribution in [0.3, 0.4) is 0 Å². The summed E-state index contributed by atoms with van der Waals surface area (Å²) in [6.45, 7) is 4.03. The summed E-state index contributed by atoms with van der Waals surface area (Å²) in [4.78, 5) is 18.3. The maximum Gasteiger partial charge on any atom is 0.344 e. The number of benzene rings is 4. The van der Waals surface area contributed by atoms with Crippen molar-refractivity contribution in [1.82, 2.24) is 4.98 Å². The number of rotatable bonds is 5. The lowest BCUT2D eigenvalue weighted by atomic mass is 10.00. The molecule has 35 heavy (non-hydrogen) atoms. The van der Waals surface area contributed by atoms with Crippen LogP contribution in [0, 0.1) is 13.8 Å². The number of aryl methyl sites for hydroxylation is 2. The number of methoxy groups -OCH3 is 1. The molecule has 0 bridgehead atoms. The molecular weight excluding hydrogens is 434 g/mol. The van der Waals surface area contributed by atoms with Gasteiger partial charge in [0.2, 0.25) is 0 Å². The molecule has 0 N–H and O–H groups in total. The first-order valence-corrected chi connectivity index (χ1v) is 11.5. The van der Waals surface area contributed by atoms with E-state index in [2.05, 4.69) is 18.2 Å². The molecule has 0 saturated carbocycles. The van der Waals surface area contributed by atoms with E-state index in [9.17, 15) is 4.79 Å². The number of aromatic nitrogens is 1. The number of nitrogens with zero attached hydrogens (tertiary/aromatic N) is 1. The molecule has 5 aromatic rings. The van der Waals surface area contributed by atoms with Gasteiger partial charge in [-0.25, -0.2) is 9.78 Å². The number of hydrogen-bond donors (Lipinski definition) is 0. The molecule has 4 nitrogen and oxygen atoms in total. The van der Waals surface area contributed by atoms with Crippen LogP contribution in [0.5, 0.6) is 11.5 Å². The van der Waals surface area contributed by atoms with E-state index in [0.29, 0.717) is 17.0 Å². The highest BCUT2D eigenvalue weighted by Crippen LogP contribution is 2.30. The van der Waals surface area contributed by atoms with Crippen LogP contribution in [0.2, 0.25) is 0 Å². The first-order valence-electron chi connectivity index (χ1n) is 11.5. The minimum absolute atomic E-state index is 0.412. The summed E-state index contributed by atoms with van der Waals surface area (Å²) in [5.74, 6) is 0.847. The quantitative estimate of drug-likeness (QED) is 0.203. The van der Waals surface area contributed by atoms with Crippen molar-refractivity contribution in [2.24, 2.45) is 0 Å². The molecule has 1 aromatic heterocycles. The van der Waals surface area contributed by atoms with Crippen LogP contribution in [-0.4, -0.2) is 18.1 Å². The number of pyridine rings is 1. The molecule has 5 rings (SSSR count). The van der Waals surface area contributed by atoms with Crippen molar-refractivity contribution >= 4 is 16.9 Å². The zero-order valence-electron chi connectivity index (χ0n) is 19.9. The van der Waals surface area contributed by atoms with E-state index in [1.165, 1.54) is 0 Å². The number of fused-ring (bicyclic) bond motifs is 1. The minimum Gasteiger partial charge on any atom is -0.497 e. The highest BCUT2D eigenvalue weighted by Gasteiger charge is 2.18. The first kappa shape index (κ1) is 22.4. The highest BCUT2D eigenvalue weighted by atomic mass is 16.5. The van der Waals surface area contributed by atoms with Crippen molar-refractivity contribution in [2.75, 3.05) is 7.11 Å². The van der Waals surface area contributed by atoms with Gasteiger partial charge in [-0.15, -0.1) is 0 Å². The van der Waals surface area contributed by atoms with Gasteiger partial charge in [0.25, 0.3) is 0 Å². The van der Waals surface area contributed by atoms with Crippen LogP contribution >= 0.6 is 0 Å². The summed E-state index contributed by atoms with van der Waals surface area (Å²) >= 11 is 0. The fourth-order valence-electron chi connectivity index (χ4n) is 4.27. The molecule has 0 radical (unpaired) electrons. The number of ether oxygens (including phenoxy) is 2. The van der Waals surface area contributed by atoms with Gasteiger partial charge in [-0.2, -0.15) is 0 Å². The van der Waals surface area contributed by atoms with Crippen molar-refractivity contribution in [3.05, 3.63) is 114 Å². The standard InChI is InChI=1S/C31H25NO3/c1-20-17-21(2)30-27(18-20)28(19-29(32-30)24-11-13-25(34-3)14-12-24)31(33)35-26-15-9-23(10-16-26)22-7-5-4-6-8-22/h4-19H,1-3H3. The van der Waals surface area contributed by atoms with Crippen LogP contribution in [-0.2, 0) is 0 Å². The smallest absolute Gasteiger partial charge is 0.344 e. The second kappa shape index (κ2) is 9.43. The Morgan fingerprint density at radius 2 is 1.34 bits per heavy atom. The monoisotopic (exact) mass is 459 g/mol. The lowest BCUT2D eigenvalue weighted by Crippen LogP contribution is -2.10. The van der Waals surface area contributed by atoms with E-state index in [0.717, 1.165) is 44.5 Å². The minimum atomic E-state index is -0.412. The van der Waals surface area contributed by atoms with Crippen LogP contribution in [0.15, 0.2) is 97.1 Å². The highest BCUT2D eigenvalue weighted by molar-refractivity contribution is 6.06. The summed E-state index contributed by atoms with van der Waals surface area (Å²) in [5.41, 5.74) is 7.13. The summed E-state index contributed by atoms with van der Waals surface area (Å²) < 4.78 is 11.1. The summed E-state index contributed by atoms with van der Waals surface area (Å²) in [6, 6.07) is 31.2. The Kier molecular flexibility index (Phi) is 6.02. The van der Waals surface area contributed by atoms with Gasteiger partial charge < -0.3 is 9.47 Å². The van der Waals surface area contributed by atoms with Crippen LogP contribution in [0.4, 0.5) is 0 Å². The third-order valence-corrected chi connectivity index (χ3v) is 6.03. The van der Waals surface area contributed by atoms with Crippen LogP contribution < -0.4 is 9.47 Å². The van der Waals surface area contributed by atoms with E-state index in [1.807, 2.05) is 92.7 Å². The molecule has 0 unspecified atom stereocenters. The van der Waals surface area contributed by atoms with Gasteiger partial charge in [-0.3, -0.25) is 0 Å².